The molecule has 2 saturated heterocycles. The van der Waals surface area contributed by atoms with Gasteiger partial charge in [0.2, 0.25) is 5.91 Å². The lowest BCUT2D eigenvalue weighted by Crippen LogP contribution is -2.65. The summed E-state index contributed by atoms with van der Waals surface area (Å²) in [5, 5.41) is 87.0. The van der Waals surface area contributed by atoms with E-state index in [0.29, 0.717) is 6.42 Å². The molecule has 2 rings (SSSR count). The van der Waals surface area contributed by atoms with Gasteiger partial charge in [0, 0.05) is 6.42 Å². The van der Waals surface area contributed by atoms with Crippen molar-refractivity contribution in [2.75, 3.05) is 19.8 Å². The lowest BCUT2D eigenvalue weighted by Gasteiger charge is -2.46. The monoisotopic (exact) mass is 1110 g/mol. The Morgan fingerprint density at radius 3 is 1.26 bits per heavy atom. The van der Waals surface area contributed by atoms with Crippen LogP contribution in [0.2, 0.25) is 0 Å². The Balaban J connectivity index is 1.62. The Bertz CT molecular complexity index is 1400. The molecule has 0 radical (unpaired) electrons. The van der Waals surface area contributed by atoms with E-state index in [0.717, 1.165) is 57.8 Å². The van der Waals surface area contributed by atoms with Gasteiger partial charge in [-0.15, -0.1) is 0 Å². The zero-order valence-electron chi connectivity index (χ0n) is 49.7. The first kappa shape index (κ1) is 72.6. The number of nitrogens with one attached hydrogen (secondary N) is 1. The average molecular weight is 1110 g/mol. The predicted molar refractivity (Wildman–Crippen MR) is 314 cm³/mol. The van der Waals surface area contributed by atoms with Crippen molar-refractivity contribution in [3.05, 3.63) is 24.3 Å². The van der Waals surface area contributed by atoms with E-state index in [2.05, 4.69) is 31.3 Å². The van der Waals surface area contributed by atoms with Gasteiger partial charge in [0.1, 0.15) is 48.8 Å². The second kappa shape index (κ2) is 50.0. The molecule has 460 valence electrons. The molecule has 0 aromatic heterocycles. The van der Waals surface area contributed by atoms with Gasteiger partial charge in [0.05, 0.1) is 32.0 Å². The molecule has 78 heavy (non-hydrogen) atoms. The van der Waals surface area contributed by atoms with Gasteiger partial charge in [0.25, 0.3) is 0 Å². The van der Waals surface area contributed by atoms with Gasteiger partial charge in [-0.1, -0.05) is 263 Å². The van der Waals surface area contributed by atoms with Gasteiger partial charge in [-0.05, 0) is 38.5 Å². The van der Waals surface area contributed by atoms with E-state index in [9.17, 15) is 45.6 Å². The van der Waals surface area contributed by atoms with Crippen molar-refractivity contribution in [3.63, 3.8) is 0 Å². The Morgan fingerprint density at radius 2 is 0.821 bits per heavy atom. The molecule has 1 amide bonds. The first-order valence-electron chi connectivity index (χ1n) is 32.6. The van der Waals surface area contributed by atoms with Crippen LogP contribution in [0.1, 0.15) is 284 Å². The quantitative estimate of drug-likeness (QED) is 0.0204. The number of ether oxygens (including phenoxy) is 4. The smallest absolute Gasteiger partial charge is 0.220 e. The van der Waals surface area contributed by atoms with Gasteiger partial charge < -0.3 is 65.1 Å². The summed E-state index contributed by atoms with van der Waals surface area (Å²) in [6.07, 6.45) is 44.1. The molecule has 0 spiro atoms. The molecule has 9 N–H and O–H groups in total. The number of hydrogen-bond donors (Lipinski definition) is 9. The van der Waals surface area contributed by atoms with E-state index in [-0.39, 0.29) is 18.9 Å². The predicted octanol–water partition coefficient (Wildman–Crippen LogP) is 12.0. The first-order valence-corrected chi connectivity index (χ1v) is 32.6. The average Bonchev–Trinajstić information content (AvgIpc) is 3.44. The van der Waals surface area contributed by atoms with Crippen LogP contribution in [0.25, 0.3) is 0 Å². The fraction of sp³-hybridized carbons (Fsp3) is 0.922. The molecule has 0 aromatic carbocycles. The molecule has 14 nitrogen and oxygen atoms in total. The number of rotatable bonds is 53. The van der Waals surface area contributed by atoms with Gasteiger partial charge in [-0.25, -0.2) is 0 Å². The third-order valence-electron chi connectivity index (χ3n) is 16.1. The van der Waals surface area contributed by atoms with E-state index >= 15 is 0 Å². The fourth-order valence-corrected chi connectivity index (χ4v) is 10.9. The standard InChI is InChI=1S/C64H121NO13/c1-3-5-7-9-11-13-15-16-17-18-19-20-21-22-23-24-25-26-27-28-29-30-31-32-33-34-35-36-38-39-41-43-45-47-53(68)52(65-56(69)48-46-44-42-40-37-14-12-10-8-6-4-2)51-75-63-61(74)59(72)62(55(50-67)77-63)78-64-60(73)58(71)57(70)54(49-66)76-64/h10,12,45,47,52-55,57-64,66-68,70-74H,3-9,11,13-44,46,48-51H2,1-2H3,(H,65,69)/b12-10-,47-45+. The third-order valence-corrected chi connectivity index (χ3v) is 16.1. The number of carbonyl (C=O) groups is 1. The first-order chi connectivity index (χ1) is 38.1. The van der Waals surface area contributed by atoms with E-state index in [1.165, 1.54) is 199 Å². The van der Waals surface area contributed by atoms with Crippen LogP contribution in [0, 0.1) is 0 Å². The van der Waals surface area contributed by atoms with Crippen LogP contribution in [-0.4, -0.2) is 140 Å². The molecular weight excluding hydrogens is 991 g/mol. The second-order valence-electron chi connectivity index (χ2n) is 23.2. The van der Waals surface area contributed by atoms with Crippen molar-refractivity contribution in [3.8, 4) is 0 Å². The van der Waals surface area contributed by atoms with Crippen molar-refractivity contribution >= 4 is 5.91 Å². The summed E-state index contributed by atoms with van der Waals surface area (Å²) in [5.74, 6) is -0.248. The Hall–Kier alpha value is -1.53. The highest BCUT2D eigenvalue weighted by Gasteiger charge is 2.51. The lowest BCUT2D eigenvalue weighted by atomic mass is 9.97. The topological polar surface area (TPSA) is 228 Å². The molecule has 2 aliphatic heterocycles. The number of unbranched alkanes of at least 4 members (excludes halogenated alkanes) is 38. The molecule has 2 heterocycles. The van der Waals surface area contributed by atoms with E-state index in [1.54, 1.807) is 6.08 Å². The van der Waals surface area contributed by atoms with Crippen molar-refractivity contribution in [2.24, 2.45) is 0 Å². The maximum atomic E-state index is 13.2. The van der Waals surface area contributed by atoms with Crippen molar-refractivity contribution < 1.29 is 64.6 Å². The number of hydrogen-bond acceptors (Lipinski definition) is 13. The number of aliphatic hydroxyl groups excluding tert-OH is 8. The Labute approximate surface area is 475 Å². The normalized spacial score (nSPS) is 24.6. The molecule has 0 aliphatic carbocycles. The van der Waals surface area contributed by atoms with Crippen molar-refractivity contribution in [1.29, 1.82) is 0 Å². The van der Waals surface area contributed by atoms with Crippen LogP contribution in [0.5, 0.6) is 0 Å². The van der Waals surface area contributed by atoms with Crippen LogP contribution in [0.4, 0.5) is 0 Å². The number of carbonyl (C=O) groups excluding carboxylic acids is 1. The highest BCUT2D eigenvalue weighted by Crippen LogP contribution is 2.30. The molecular formula is C64H121NO13. The minimum absolute atomic E-state index is 0.248. The lowest BCUT2D eigenvalue weighted by molar-refractivity contribution is -0.359. The summed E-state index contributed by atoms with van der Waals surface area (Å²) in [5.41, 5.74) is 0. The van der Waals surface area contributed by atoms with Gasteiger partial charge in [-0.3, -0.25) is 4.79 Å². The third kappa shape index (κ3) is 34.8. The summed E-state index contributed by atoms with van der Waals surface area (Å²) in [4.78, 5) is 13.2. The van der Waals surface area contributed by atoms with E-state index < -0.39 is 86.8 Å². The number of amides is 1. The van der Waals surface area contributed by atoms with Crippen molar-refractivity contribution in [1.82, 2.24) is 5.32 Å². The van der Waals surface area contributed by atoms with Crippen molar-refractivity contribution in [2.45, 2.75) is 357 Å². The number of aliphatic hydroxyl groups is 8. The van der Waals surface area contributed by atoms with Crippen LogP contribution in [0.3, 0.4) is 0 Å². The summed E-state index contributed by atoms with van der Waals surface area (Å²) in [6, 6.07) is -0.917. The minimum Gasteiger partial charge on any atom is -0.394 e. The summed E-state index contributed by atoms with van der Waals surface area (Å²) < 4.78 is 22.8. The van der Waals surface area contributed by atoms with Crippen LogP contribution < -0.4 is 5.32 Å². The van der Waals surface area contributed by atoms with Crippen LogP contribution in [-0.2, 0) is 23.7 Å². The van der Waals surface area contributed by atoms with Gasteiger partial charge in [-0.2, -0.15) is 0 Å². The summed E-state index contributed by atoms with van der Waals surface area (Å²) in [7, 11) is 0. The largest absolute Gasteiger partial charge is 0.394 e. The molecule has 2 aliphatic rings. The Kier molecular flexibility index (Phi) is 46.5. The molecule has 12 unspecified atom stereocenters. The fourth-order valence-electron chi connectivity index (χ4n) is 10.9. The second-order valence-corrected chi connectivity index (χ2v) is 23.2. The minimum atomic E-state index is -1.79. The molecule has 0 saturated carbocycles. The summed E-state index contributed by atoms with van der Waals surface area (Å²) >= 11 is 0. The van der Waals surface area contributed by atoms with E-state index in [4.69, 9.17) is 18.9 Å². The Morgan fingerprint density at radius 1 is 0.449 bits per heavy atom. The molecule has 12 atom stereocenters. The zero-order valence-corrected chi connectivity index (χ0v) is 49.7. The molecule has 0 bridgehead atoms. The van der Waals surface area contributed by atoms with Crippen LogP contribution >= 0.6 is 0 Å². The zero-order chi connectivity index (χ0) is 56.7. The summed E-state index contributed by atoms with van der Waals surface area (Å²) in [6.45, 7) is 2.77. The maximum Gasteiger partial charge on any atom is 0.220 e. The SMILES string of the molecule is CCCC/C=C\CCCCCCCC(=O)NC(COC1OC(CO)C(OC2OC(CO)C(O)C(O)C2O)C(O)C1O)C(O)/C=C/CCCCCCCCCCCCCCCCCCCCCCCCCCCCCCCCC. The molecule has 14 heteroatoms. The highest BCUT2D eigenvalue weighted by molar-refractivity contribution is 5.76. The highest BCUT2D eigenvalue weighted by atomic mass is 16.7. The maximum absolute atomic E-state index is 13.2. The van der Waals surface area contributed by atoms with Gasteiger partial charge in [0.15, 0.2) is 12.6 Å². The van der Waals surface area contributed by atoms with Gasteiger partial charge >= 0.3 is 0 Å². The van der Waals surface area contributed by atoms with E-state index in [1.807, 2.05) is 6.08 Å². The molecule has 2 fully saturated rings. The van der Waals surface area contributed by atoms with Crippen LogP contribution in [0.15, 0.2) is 24.3 Å². The number of allylic oxidation sites excluding steroid dienone is 3. The molecule has 0 aromatic rings.